The molecule has 0 aliphatic carbocycles. The molecule has 0 bridgehead atoms. The van der Waals surface area contributed by atoms with E-state index < -0.39 is 18.0 Å². The highest BCUT2D eigenvalue weighted by molar-refractivity contribution is 6.06. The summed E-state index contributed by atoms with van der Waals surface area (Å²) in [5.74, 6) is 1.74. The highest BCUT2D eigenvalue weighted by atomic mass is 16.5. The average molecular weight is 614 g/mol. The monoisotopic (exact) mass is 613 g/mol. The van der Waals surface area contributed by atoms with Crippen molar-refractivity contribution < 1.29 is 23.9 Å². The van der Waals surface area contributed by atoms with Crippen LogP contribution in [0.1, 0.15) is 41.0 Å². The topological polar surface area (TPSA) is 138 Å². The van der Waals surface area contributed by atoms with Crippen LogP contribution in [0.4, 0.5) is 10.6 Å². The number of imide groups is 1. The minimum absolute atomic E-state index is 0.0881. The summed E-state index contributed by atoms with van der Waals surface area (Å²) in [6, 6.07) is 12.3. The number of aromatic nitrogens is 2. The van der Waals surface area contributed by atoms with Gasteiger partial charge in [0.25, 0.3) is 11.8 Å². The zero-order valence-electron chi connectivity index (χ0n) is 26.1. The van der Waals surface area contributed by atoms with Gasteiger partial charge in [-0.15, -0.1) is 0 Å². The summed E-state index contributed by atoms with van der Waals surface area (Å²) in [4.78, 5) is 48.4. The maximum Gasteiger partial charge on any atom is 0.322 e. The third-order valence-corrected chi connectivity index (χ3v) is 7.84. The second-order valence-electron chi connectivity index (χ2n) is 10.6. The number of hydrogen-bond donors (Lipinski definition) is 3. The largest absolute Gasteiger partial charge is 0.497 e. The zero-order chi connectivity index (χ0) is 31.9. The van der Waals surface area contributed by atoms with Gasteiger partial charge in [0, 0.05) is 68.7 Å². The lowest BCUT2D eigenvalue weighted by Crippen LogP contribution is -2.43. The van der Waals surface area contributed by atoms with Crippen LogP contribution in [0.15, 0.2) is 54.4 Å². The molecule has 1 aromatic carbocycles. The molecule has 12 nitrogen and oxygen atoms in total. The summed E-state index contributed by atoms with van der Waals surface area (Å²) in [5, 5.41) is 8.11. The molecule has 7 rings (SSSR count). The minimum Gasteiger partial charge on any atom is -0.497 e. The van der Waals surface area contributed by atoms with Crippen LogP contribution >= 0.6 is 0 Å². The van der Waals surface area contributed by atoms with Gasteiger partial charge in [0.1, 0.15) is 23.9 Å². The van der Waals surface area contributed by atoms with Gasteiger partial charge >= 0.3 is 6.03 Å². The predicted molar refractivity (Wildman–Crippen MR) is 171 cm³/mol. The molecular formula is C33H39N7O5. The van der Waals surface area contributed by atoms with E-state index in [1.165, 1.54) is 0 Å². The number of likely N-dealkylation sites (N-methyl/N-ethyl adjacent to an activating group) is 1. The minimum atomic E-state index is -0.818. The number of nitrogens with zero attached hydrogens (tertiary/aromatic N) is 4. The van der Waals surface area contributed by atoms with E-state index in [4.69, 9.17) is 14.5 Å². The van der Waals surface area contributed by atoms with Gasteiger partial charge in [-0.1, -0.05) is 26.0 Å². The first kappa shape index (κ1) is 31.5. The van der Waals surface area contributed by atoms with Crippen molar-refractivity contribution in [2.45, 2.75) is 32.9 Å². The number of carbonyl (C=O) groups excluding carboxylic acids is 3. The third-order valence-electron chi connectivity index (χ3n) is 7.84. The van der Waals surface area contributed by atoms with Crippen molar-refractivity contribution in [3.05, 3.63) is 76.8 Å². The summed E-state index contributed by atoms with van der Waals surface area (Å²) in [7, 11) is 3.43. The van der Waals surface area contributed by atoms with Crippen LogP contribution < -0.4 is 25.6 Å². The molecule has 2 saturated heterocycles. The van der Waals surface area contributed by atoms with E-state index >= 15 is 0 Å². The van der Waals surface area contributed by atoms with Gasteiger partial charge in [-0.2, -0.15) is 0 Å². The second kappa shape index (κ2) is 14.2. The number of fused-ring (bicyclic) bond motifs is 2. The number of carbonyl (C=O) groups is 3. The number of piperazine rings is 1. The molecule has 1 unspecified atom stereocenters. The van der Waals surface area contributed by atoms with E-state index in [9.17, 15) is 14.4 Å². The van der Waals surface area contributed by atoms with Crippen molar-refractivity contribution in [1.29, 1.82) is 0 Å². The lowest BCUT2D eigenvalue weighted by atomic mass is 9.99. The Morgan fingerprint density at radius 2 is 1.76 bits per heavy atom. The Balaban J connectivity index is 0.000000210. The molecule has 236 valence electrons. The highest BCUT2D eigenvalue weighted by Gasteiger charge is 2.35. The van der Waals surface area contributed by atoms with E-state index in [-0.39, 0.29) is 5.91 Å². The van der Waals surface area contributed by atoms with Crippen molar-refractivity contribution in [3.8, 4) is 17.0 Å². The smallest absolute Gasteiger partial charge is 0.322 e. The second-order valence-corrected chi connectivity index (χ2v) is 10.6. The number of anilines is 1. The Kier molecular flexibility index (Phi) is 9.93. The Labute approximate surface area is 262 Å². The number of nitrogens with one attached hydrogen (secondary N) is 3. The molecule has 4 aliphatic heterocycles. The first-order valence-corrected chi connectivity index (χ1v) is 15.2. The van der Waals surface area contributed by atoms with Gasteiger partial charge in [0.05, 0.1) is 18.5 Å². The van der Waals surface area contributed by atoms with Gasteiger partial charge in [-0.25, -0.2) is 14.8 Å². The van der Waals surface area contributed by atoms with Crippen molar-refractivity contribution in [2.75, 3.05) is 51.8 Å². The normalized spacial score (nSPS) is 18.4. The Morgan fingerprint density at radius 3 is 2.49 bits per heavy atom. The summed E-state index contributed by atoms with van der Waals surface area (Å²) < 4.78 is 10.8. The van der Waals surface area contributed by atoms with Crippen molar-refractivity contribution in [3.63, 3.8) is 0 Å². The number of methoxy groups -OCH3 is 1. The van der Waals surface area contributed by atoms with Gasteiger partial charge < -0.3 is 29.9 Å². The number of hydrogen-bond acceptors (Lipinski definition) is 9. The maximum atomic E-state index is 11.9. The fraction of sp³-hybridized carbons (Fsp3) is 0.364. The first-order chi connectivity index (χ1) is 21.9. The molecule has 0 spiro atoms. The molecule has 3 aromatic rings. The molecule has 4 amide bonds. The van der Waals surface area contributed by atoms with Crippen LogP contribution in [0.3, 0.4) is 0 Å². The maximum absolute atomic E-state index is 11.9. The number of amides is 4. The van der Waals surface area contributed by atoms with Gasteiger partial charge in [0.15, 0.2) is 6.04 Å². The van der Waals surface area contributed by atoms with Crippen molar-refractivity contribution in [1.82, 2.24) is 30.8 Å². The third kappa shape index (κ3) is 7.07. The predicted octanol–water partition coefficient (Wildman–Crippen LogP) is 2.98. The van der Waals surface area contributed by atoms with Crippen LogP contribution in [-0.2, 0) is 22.6 Å². The molecule has 45 heavy (non-hydrogen) atoms. The van der Waals surface area contributed by atoms with Crippen LogP contribution in [0, 0.1) is 0 Å². The summed E-state index contributed by atoms with van der Waals surface area (Å²) in [6.45, 7) is 8.84. The number of ether oxygens (including phenoxy) is 2. The molecule has 2 fully saturated rings. The van der Waals surface area contributed by atoms with Gasteiger partial charge in [-0.3, -0.25) is 14.9 Å². The van der Waals surface area contributed by atoms with E-state index in [1.54, 1.807) is 24.3 Å². The van der Waals surface area contributed by atoms with E-state index in [2.05, 4.69) is 31.9 Å². The van der Waals surface area contributed by atoms with Crippen molar-refractivity contribution in [2.24, 2.45) is 0 Å². The standard InChI is InChI=1S/C20H20N6O3.C11H13NO2.C2H6/c27-19-18(24-20(28)25-19)16-10-15-13(11-29-16)1-2-14(23-15)12-3-4-22-17(9-12)26-7-5-21-6-8-26;1-12-6-5-8-3-4-9(14-2)7-10(8)11(12)13;1-2/h1-4,9-10,18,21H,5-8,11H2,(H2,24,25,27,28);3-4,7H,5-6H2,1-2H3;1-2H3. The number of rotatable bonds is 4. The quantitative estimate of drug-likeness (QED) is 0.379. The molecule has 12 heteroatoms. The lowest BCUT2D eigenvalue weighted by Gasteiger charge is -2.28. The summed E-state index contributed by atoms with van der Waals surface area (Å²) in [6.07, 6.45) is 4.45. The van der Waals surface area contributed by atoms with Crippen LogP contribution in [0.5, 0.6) is 5.75 Å². The van der Waals surface area contributed by atoms with Crippen LogP contribution in [0.25, 0.3) is 17.3 Å². The molecule has 2 aromatic heterocycles. The molecule has 3 N–H and O–H groups in total. The van der Waals surface area contributed by atoms with Crippen LogP contribution in [0.2, 0.25) is 0 Å². The van der Waals surface area contributed by atoms with Gasteiger partial charge in [0.2, 0.25) is 0 Å². The molecule has 6 heterocycles. The fourth-order valence-corrected chi connectivity index (χ4v) is 5.37. The lowest BCUT2D eigenvalue weighted by molar-refractivity contribution is -0.120. The Bertz CT molecular complexity index is 1600. The zero-order valence-corrected chi connectivity index (χ0v) is 26.1. The first-order valence-electron chi connectivity index (χ1n) is 15.2. The number of urea groups is 1. The van der Waals surface area contributed by atoms with Crippen molar-refractivity contribution >= 4 is 29.7 Å². The summed E-state index contributed by atoms with van der Waals surface area (Å²) in [5.41, 5.74) is 5.36. The van der Waals surface area contributed by atoms with Crippen LogP contribution in [-0.4, -0.2) is 85.6 Å². The highest BCUT2D eigenvalue weighted by Crippen LogP contribution is 2.28. The Hall–Kier alpha value is -4.97. The summed E-state index contributed by atoms with van der Waals surface area (Å²) >= 11 is 0. The molecular weight excluding hydrogens is 574 g/mol. The van der Waals surface area contributed by atoms with E-state index in [0.29, 0.717) is 12.4 Å². The number of pyridine rings is 2. The molecule has 1 atom stereocenters. The number of benzene rings is 1. The fourth-order valence-electron chi connectivity index (χ4n) is 5.37. The van der Waals surface area contributed by atoms with Gasteiger partial charge in [-0.05, 0) is 42.3 Å². The molecule has 4 aliphatic rings. The Morgan fingerprint density at radius 1 is 0.978 bits per heavy atom. The molecule has 0 radical (unpaired) electrons. The average Bonchev–Trinajstić information content (AvgIpc) is 3.44. The molecule has 0 saturated carbocycles. The SMILES string of the molecule is CC.COc1ccc2c(c1)C(=O)N(C)CC2.O=C1NC(=O)C(C2=Cc3nc(-c4ccnc(N5CCNCC5)c4)ccc3CO2)N1. The van der Waals surface area contributed by atoms with E-state index in [0.717, 1.165) is 84.4 Å². The van der Waals surface area contributed by atoms with E-state index in [1.807, 2.05) is 57.3 Å².